The van der Waals surface area contributed by atoms with E-state index in [2.05, 4.69) is 5.32 Å². The van der Waals surface area contributed by atoms with Crippen molar-refractivity contribution in [1.29, 1.82) is 0 Å². The van der Waals surface area contributed by atoms with Crippen molar-refractivity contribution in [1.82, 2.24) is 5.32 Å². The summed E-state index contributed by atoms with van der Waals surface area (Å²) >= 11 is 0. The van der Waals surface area contributed by atoms with Gasteiger partial charge in [0.15, 0.2) is 0 Å². The molecule has 3 nitrogen and oxygen atoms in total. The molecular formula is C9H15NO2. The third-order valence-corrected chi connectivity index (χ3v) is 3.16. The van der Waals surface area contributed by atoms with E-state index in [1.807, 2.05) is 0 Å². The number of aliphatic carboxylic acids is 1. The number of carboxylic acids is 1. The van der Waals surface area contributed by atoms with Gasteiger partial charge in [0.25, 0.3) is 0 Å². The van der Waals surface area contributed by atoms with Crippen LogP contribution in [0.2, 0.25) is 0 Å². The van der Waals surface area contributed by atoms with Crippen molar-refractivity contribution in [3.63, 3.8) is 0 Å². The normalized spacial score (nSPS) is 40.8. The largest absolute Gasteiger partial charge is 0.480 e. The van der Waals surface area contributed by atoms with Gasteiger partial charge in [0.05, 0.1) is 0 Å². The van der Waals surface area contributed by atoms with Gasteiger partial charge in [-0.25, -0.2) is 0 Å². The van der Waals surface area contributed by atoms with Crippen LogP contribution in [0.3, 0.4) is 0 Å². The Kier molecular flexibility index (Phi) is 2.05. The molecule has 0 radical (unpaired) electrons. The quantitative estimate of drug-likeness (QED) is 0.615. The highest BCUT2D eigenvalue weighted by Crippen LogP contribution is 2.32. The van der Waals surface area contributed by atoms with Gasteiger partial charge in [-0.05, 0) is 25.2 Å². The Labute approximate surface area is 72.2 Å². The third kappa shape index (κ3) is 1.33. The van der Waals surface area contributed by atoms with E-state index < -0.39 is 5.97 Å². The molecule has 0 spiro atoms. The predicted octanol–water partition coefficient (Wildman–Crippen LogP) is 0.992. The highest BCUT2D eigenvalue weighted by Gasteiger charge is 2.37. The van der Waals surface area contributed by atoms with Crippen molar-refractivity contribution in [2.24, 2.45) is 5.92 Å². The number of hydrogen-bond acceptors (Lipinski definition) is 2. The molecule has 0 bridgehead atoms. The topological polar surface area (TPSA) is 49.3 Å². The standard InChI is InChI=1S/C9H15NO2/c11-9(12)8-5-6-3-1-2-4-7(6)10-8/h6-8,10H,1-5H2,(H,11,12)/t6?,7-,8?/m1/s1. The van der Waals surface area contributed by atoms with Crippen LogP contribution in [-0.4, -0.2) is 23.2 Å². The molecule has 1 aliphatic carbocycles. The lowest BCUT2D eigenvalue weighted by atomic mass is 9.85. The van der Waals surface area contributed by atoms with Gasteiger partial charge in [-0.1, -0.05) is 12.8 Å². The van der Waals surface area contributed by atoms with Crippen molar-refractivity contribution in [3.8, 4) is 0 Å². The Morgan fingerprint density at radius 1 is 1.33 bits per heavy atom. The minimum absolute atomic E-state index is 0.266. The average Bonchev–Trinajstić information content (AvgIpc) is 2.46. The van der Waals surface area contributed by atoms with E-state index >= 15 is 0 Å². The zero-order chi connectivity index (χ0) is 8.55. The van der Waals surface area contributed by atoms with E-state index in [-0.39, 0.29) is 6.04 Å². The highest BCUT2D eigenvalue weighted by molar-refractivity contribution is 5.74. The van der Waals surface area contributed by atoms with Gasteiger partial charge in [-0.3, -0.25) is 4.79 Å². The van der Waals surface area contributed by atoms with Crippen LogP contribution in [0.5, 0.6) is 0 Å². The average molecular weight is 169 g/mol. The second kappa shape index (κ2) is 3.05. The van der Waals surface area contributed by atoms with Crippen molar-refractivity contribution >= 4 is 5.97 Å². The maximum atomic E-state index is 10.7. The number of nitrogens with one attached hydrogen (secondary N) is 1. The summed E-state index contributed by atoms with van der Waals surface area (Å²) in [6, 6.07) is 0.234. The van der Waals surface area contributed by atoms with Gasteiger partial charge >= 0.3 is 5.97 Å². The number of rotatable bonds is 1. The maximum Gasteiger partial charge on any atom is 0.320 e. The molecule has 2 fully saturated rings. The van der Waals surface area contributed by atoms with Gasteiger partial charge in [0.2, 0.25) is 0 Å². The molecule has 68 valence electrons. The molecule has 1 heterocycles. The second-order valence-electron chi connectivity index (χ2n) is 3.94. The zero-order valence-electron chi connectivity index (χ0n) is 7.12. The van der Waals surface area contributed by atoms with Crippen LogP contribution >= 0.6 is 0 Å². The molecule has 2 unspecified atom stereocenters. The Morgan fingerprint density at radius 2 is 2.08 bits per heavy atom. The molecule has 0 aromatic heterocycles. The third-order valence-electron chi connectivity index (χ3n) is 3.16. The van der Waals surface area contributed by atoms with Crippen LogP contribution < -0.4 is 5.32 Å². The summed E-state index contributed by atoms with van der Waals surface area (Å²) in [6.45, 7) is 0. The van der Waals surface area contributed by atoms with E-state index in [4.69, 9.17) is 5.11 Å². The number of carboxylic acid groups (broad SMARTS) is 1. The van der Waals surface area contributed by atoms with Gasteiger partial charge in [-0.2, -0.15) is 0 Å². The van der Waals surface area contributed by atoms with Crippen LogP contribution in [0, 0.1) is 5.92 Å². The van der Waals surface area contributed by atoms with E-state index in [1.54, 1.807) is 0 Å². The Balaban J connectivity index is 1.98. The lowest BCUT2D eigenvalue weighted by molar-refractivity contribution is -0.139. The fourth-order valence-electron chi connectivity index (χ4n) is 2.51. The summed E-state index contributed by atoms with van der Waals surface area (Å²) in [7, 11) is 0. The van der Waals surface area contributed by atoms with Crippen molar-refractivity contribution < 1.29 is 9.90 Å². The Hall–Kier alpha value is -0.570. The van der Waals surface area contributed by atoms with Crippen LogP contribution in [0.15, 0.2) is 0 Å². The minimum atomic E-state index is -0.676. The lowest BCUT2D eigenvalue weighted by Crippen LogP contribution is -2.36. The van der Waals surface area contributed by atoms with Gasteiger partial charge in [0, 0.05) is 6.04 Å². The van der Waals surface area contributed by atoms with Gasteiger partial charge in [0.1, 0.15) is 6.04 Å². The lowest BCUT2D eigenvalue weighted by Gasteiger charge is -2.24. The van der Waals surface area contributed by atoms with E-state index in [0.717, 1.165) is 6.42 Å². The molecule has 12 heavy (non-hydrogen) atoms. The van der Waals surface area contributed by atoms with Crippen molar-refractivity contribution in [2.75, 3.05) is 0 Å². The monoisotopic (exact) mass is 169 g/mol. The zero-order valence-corrected chi connectivity index (χ0v) is 7.12. The molecule has 2 rings (SSSR count). The molecule has 1 aliphatic heterocycles. The first-order valence-electron chi connectivity index (χ1n) is 4.76. The molecule has 3 heteroatoms. The van der Waals surface area contributed by atoms with Crippen molar-refractivity contribution in [2.45, 2.75) is 44.2 Å². The first-order chi connectivity index (χ1) is 5.77. The number of carbonyl (C=O) groups is 1. The Morgan fingerprint density at radius 3 is 2.75 bits per heavy atom. The van der Waals surface area contributed by atoms with Gasteiger partial charge < -0.3 is 10.4 Å². The van der Waals surface area contributed by atoms with Gasteiger partial charge in [-0.15, -0.1) is 0 Å². The second-order valence-corrected chi connectivity index (χ2v) is 3.94. The summed E-state index contributed by atoms with van der Waals surface area (Å²) in [5, 5.41) is 12.0. The smallest absolute Gasteiger partial charge is 0.320 e. The van der Waals surface area contributed by atoms with Crippen molar-refractivity contribution in [3.05, 3.63) is 0 Å². The maximum absolute atomic E-state index is 10.7. The predicted molar refractivity (Wildman–Crippen MR) is 44.9 cm³/mol. The molecule has 0 amide bonds. The van der Waals surface area contributed by atoms with Crippen LogP contribution in [-0.2, 0) is 4.79 Å². The molecule has 0 aromatic carbocycles. The van der Waals surface area contributed by atoms with E-state index in [9.17, 15) is 4.79 Å². The van der Waals surface area contributed by atoms with E-state index in [1.165, 1.54) is 25.7 Å². The first kappa shape index (κ1) is 8.05. The summed E-state index contributed by atoms with van der Waals surface area (Å²) in [4.78, 5) is 10.7. The van der Waals surface area contributed by atoms with Crippen LogP contribution in [0.4, 0.5) is 0 Å². The summed E-state index contributed by atoms with van der Waals surface area (Å²) in [5.41, 5.74) is 0. The van der Waals surface area contributed by atoms with Crippen LogP contribution in [0.1, 0.15) is 32.1 Å². The fraction of sp³-hybridized carbons (Fsp3) is 0.889. The SMILES string of the molecule is O=C(O)C1CC2CCCC[C@H]2N1. The molecular weight excluding hydrogens is 154 g/mol. The molecule has 0 aromatic rings. The highest BCUT2D eigenvalue weighted by atomic mass is 16.4. The minimum Gasteiger partial charge on any atom is -0.480 e. The molecule has 2 N–H and O–H groups in total. The first-order valence-corrected chi connectivity index (χ1v) is 4.76. The summed E-state index contributed by atoms with van der Waals surface area (Å²) in [6.07, 6.45) is 5.80. The molecule has 1 saturated carbocycles. The fourth-order valence-corrected chi connectivity index (χ4v) is 2.51. The molecule has 1 saturated heterocycles. The Bertz CT molecular complexity index is 179. The molecule has 3 atom stereocenters. The molecule has 2 aliphatic rings. The van der Waals surface area contributed by atoms with E-state index in [0.29, 0.717) is 12.0 Å². The van der Waals surface area contributed by atoms with Crippen LogP contribution in [0.25, 0.3) is 0 Å². The number of fused-ring (bicyclic) bond motifs is 1. The summed E-state index contributed by atoms with van der Waals surface area (Å²) in [5.74, 6) is -0.0377. The number of hydrogen-bond donors (Lipinski definition) is 2. The summed E-state index contributed by atoms with van der Waals surface area (Å²) < 4.78 is 0.